The number of halogens is 1. The van der Waals surface area contributed by atoms with E-state index in [1.165, 1.54) is 22.9 Å². The number of nitrogens with one attached hydrogen (secondary N) is 1. The average molecular weight is 390 g/mol. The van der Waals surface area contributed by atoms with Crippen LogP contribution in [0.4, 0.5) is 10.2 Å². The Morgan fingerprint density at radius 3 is 2.66 bits per heavy atom. The molecule has 0 aliphatic rings. The quantitative estimate of drug-likeness (QED) is 0.559. The number of rotatable bonds is 4. The molecule has 0 fully saturated rings. The number of aryl methyl sites for hydroxylation is 2. The molecule has 7 heteroatoms. The second-order valence-electron chi connectivity index (χ2n) is 6.67. The predicted octanol–water partition coefficient (Wildman–Crippen LogP) is 4.44. The number of hydrogen-bond donors (Lipinski definition) is 1. The Bertz CT molecular complexity index is 1230. The molecule has 2 aromatic heterocycles. The van der Waals surface area contributed by atoms with Crippen molar-refractivity contribution in [2.75, 3.05) is 12.4 Å². The average Bonchev–Trinajstić information content (AvgIpc) is 3.07. The highest BCUT2D eigenvalue weighted by atomic mass is 19.1. The van der Waals surface area contributed by atoms with Crippen molar-refractivity contribution < 1.29 is 13.9 Å². The molecule has 1 amide bonds. The van der Waals surface area contributed by atoms with Crippen molar-refractivity contribution in [3.8, 4) is 11.6 Å². The highest BCUT2D eigenvalue weighted by Crippen LogP contribution is 2.28. The summed E-state index contributed by atoms with van der Waals surface area (Å²) in [5.74, 6) is 0.429. The topological polar surface area (TPSA) is 69.0 Å². The number of methoxy groups -OCH3 is 1. The van der Waals surface area contributed by atoms with Crippen molar-refractivity contribution in [1.29, 1.82) is 0 Å². The van der Waals surface area contributed by atoms with E-state index in [2.05, 4.69) is 10.4 Å². The number of para-hydroxylation sites is 1. The first kappa shape index (κ1) is 18.6. The molecule has 2 aromatic carbocycles. The van der Waals surface area contributed by atoms with Gasteiger partial charge in [-0.3, -0.25) is 4.79 Å². The van der Waals surface area contributed by atoms with E-state index in [-0.39, 0.29) is 5.56 Å². The molecule has 0 bridgehead atoms. The first-order valence-corrected chi connectivity index (χ1v) is 9.05. The van der Waals surface area contributed by atoms with Crippen LogP contribution < -0.4 is 10.1 Å². The third-order valence-corrected chi connectivity index (χ3v) is 4.62. The lowest BCUT2D eigenvalue weighted by molar-refractivity contribution is 0.102. The van der Waals surface area contributed by atoms with Crippen LogP contribution in [0.3, 0.4) is 0 Å². The van der Waals surface area contributed by atoms with Crippen LogP contribution in [-0.2, 0) is 0 Å². The van der Waals surface area contributed by atoms with E-state index in [9.17, 15) is 9.18 Å². The monoisotopic (exact) mass is 390 g/mol. The number of nitrogens with zero attached hydrogens (tertiary/aromatic N) is 3. The highest BCUT2D eigenvalue weighted by Gasteiger charge is 2.17. The Labute approximate surface area is 167 Å². The van der Waals surface area contributed by atoms with Crippen LogP contribution >= 0.6 is 0 Å². The fraction of sp³-hybridized carbons (Fsp3) is 0.136. The van der Waals surface area contributed by atoms with E-state index in [4.69, 9.17) is 9.72 Å². The molecule has 6 nitrogen and oxygen atoms in total. The summed E-state index contributed by atoms with van der Waals surface area (Å²) in [6.07, 6.45) is 0. The first-order valence-electron chi connectivity index (χ1n) is 9.05. The molecule has 4 aromatic rings. The minimum Gasteiger partial charge on any atom is -0.494 e. The van der Waals surface area contributed by atoms with E-state index in [0.29, 0.717) is 28.6 Å². The van der Waals surface area contributed by atoms with E-state index in [1.54, 1.807) is 19.2 Å². The number of carbonyl (C=O) groups is 1. The van der Waals surface area contributed by atoms with Gasteiger partial charge in [0.25, 0.3) is 5.91 Å². The maximum Gasteiger partial charge on any atom is 0.259 e. The first-order chi connectivity index (χ1) is 14.0. The molecule has 4 rings (SSSR count). The van der Waals surface area contributed by atoms with Crippen molar-refractivity contribution in [3.05, 3.63) is 77.2 Å². The number of carbonyl (C=O) groups excluding carboxylic acids is 1. The number of amides is 1. The highest BCUT2D eigenvalue weighted by molar-refractivity contribution is 6.04. The Morgan fingerprint density at radius 2 is 1.90 bits per heavy atom. The summed E-state index contributed by atoms with van der Waals surface area (Å²) < 4.78 is 20.9. The fourth-order valence-corrected chi connectivity index (χ4v) is 3.24. The molecule has 0 saturated carbocycles. The van der Waals surface area contributed by atoms with Crippen molar-refractivity contribution in [1.82, 2.24) is 14.8 Å². The van der Waals surface area contributed by atoms with Crippen LogP contribution in [-0.4, -0.2) is 27.8 Å². The molecule has 146 valence electrons. The summed E-state index contributed by atoms with van der Waals surface area (Å²) >= 11 is 0. The molecule has 0 aliphatic carbocycles. The zero-order valence-electron chi connectivity index (χ0n) is 16.2. The lowest BCUT2D eigenvalue weighted by Gasteiger charge is -2.12. The van der Waals surface area contributed by atoms with Gasteiger partial charge in [-0.25, -0.2) is 9.37 Å². The second-order valence-corrected chi connectivity index (χ2v) is 6.67. The lowest BCUT2D eigenvalue weighted by atomic mass is 10.1. The van der Waals surface area contributed by atoms with Gasteiger partial charge in [-0.05, 0) is 43.7 Å². The van der Waals surface area contributed by atoms with Gasteiger partial charge < -0.3 is 10.1 Å². The largest absolute Gasteiger partial charge is 0.494 e. The zero-order chi connectivity index (χ0) is 20.5. The number of anilines is 1. The number of benzene rings is 2. The maximum absolute atomic E-state index is 14.0. The minimum absolute atomic E-state index is 0.0396. The molecule has 0 radical (unpaired) electrons. The number of pyridine rings is 1. The SMILES string of the molecule is COc1cccc2c(C)cc(-n3nc(C)cc3NC(=O)c3ccccc3F)nc12. The number of ether oxygens (including phenoxy) is 1. The van der Waals surface area contributed by atoms with Crippen LogP contribution in [0.2, 0.25) is 0 Å². The van der Waals surface area contributed by atoms with Gasteiger partial charge in [-0.15, -0.1) is 0 Å². The van der Waals surface area contributed by atoms with E-state index in [0.717, 1.165) is 10.9 Å². The van der Waals surface area contributed by atoms with Gasteiger partial charge in [0.1, 0.15) is 22.9 Å². The van der Waals surface area contributed by atoms with Gasteiger partial charge in [0.2, 0.25) is 0 Å². The smallest absolute Gasteiger partial charge is 0.259 e. The third-order valence-electron chi connectivity index (χ3n) is 4.62. The number of aromatic nitrogens is 3. The molecular formula is C22H19FN4O2. The number of hydrogen-bond acceptors (Lipinski definition) is 4. The van der Waals surface area contributed by atoms with Gasteiger partial charge in [0.15, 0.2) is 5.82 Å². The lowest BCUT2D eigenvalue weighted by Crippen LogP contribution is -2.17. The Morgan fingerprint density at radius 1 is 1.10 bits per heavy atom. The number of fused-ring (bicyclic) bond motifs is 1. The molecule has 0 unspecified atom stereocenters. The summed E-state index contributed by atoms with van der Waals surface area (Å²) in [5, 5.41) is 8.16. The third kappa shape index (κ3) is 3.42. The van der Waals surface area contributed by atoms with Crippen molar-refractivity contribution in [2.45, 2.75) is 13.8 Å². The van der Waals surface area contributed by atoms with Crippen LogP contribution in [0.5, 0.6) is 5.75 Å². The summed E-state index contributed by atoms with van der Waals surface area (Å²) in [6.45, 7) is 3.78. The Hall–Kier alpha value is -3.74. The molecule has 0 atom stereocenters. The molecular weight excluding hydrogens is 371 g/mol. The summed E-state index contributed by atoms with van der Waals surface area (Å²) in [6, 6.07) is 15.1. The molecule has 2 heterocycles. The summed E-state index contributed by atoms with van der Waals surface area (Å²) in [5.41, 5.74) is 2.34. The van der Waals surface area contributed by atoms with Crippen molar-refractivity contribution >= 4 is 22.6 Å². The van der Waals surface area contributed by atoms with Gasteiger partial charge in [-0.2, -0.15) is 9.78 Å². The fourth-order valence-electron chi connectivity index (χ4n) is 3.24. The van der Waals surface area contributed by atoms with Gasteiger partial charge in [-0.1, -0.05) is 24.3 Å². The molecule has 0 spiro atoms. The zero-order valence-corrected chi connectivity index (χ0v) is 16.2. The van der Waals surface area contributed by atoms with Crippen molar-refractivity contribution in [3.63, 3.8) is 0 Å². The molecule has 0 saturated heterocycles. The molecule has 1 N–H and O–H groups in total. The van der Waals surface area contributed by atoms with Crippen molar-refractivity contribution in [2.24, 2.45) is 0 Å². The van der Waals surface area contributed by atoms with E-state index >= 15 is 0 Å². The predicted molar refractivity (Wildman–Crippen MR) is 109 cm³/mol. The van der Waals surface area contributed by atoms with Crippen LogP contribution in [0.1, 0.15) is 21.6 Å². The Balaban J connectivity index is 1.79. The van der Waals surface area contributed by atoms with Crippen LogP contribution in [0.15, 0.2) is 54.6 Å². The van der Waals surface area contributed by atoms with Crippen LogP contribution in [0, 0.1) is 19.7 Å². The Kier molecular flexibility index (Phi) is 4.72. The normalized spacial score (nSPS) is 10.9. The van der Waals surface area contributed by atoms with E-state index < -0.39 is 11.7 Å². The van der Waals surface area contributed by atoms with Gasteiger partial charge in [0, 0.05) is 11.5 Å². The van der Waals surface area contributed by atoms with Gasteiger partial charge in [0.05, 0.1) is 18.4 Å². The molecule has 29 heavy (non-hydrogen) atoms. The summed E-state index contributed by atoms with van der Waals surface area (Å²) in [7, 11) is 1.59. The van der Waals surface area contributed by atoms with Gasteiger partial charge >= 0.3 is 0 Å². The maximum atomic E-state index is 14.0. The minimum atomic E-state index is -0.586. The standard InChI is InChI=1S/C22H19FN4O2/c1-13-11-19(24-21-15(13)8-6-10-18(21)29-3)27-20(12-14(2)26-27)25-22(28)16-7-4-5-9-17(16)23/h4-12H,1-3H3,(H,25,28). The van der Waals surface area contributed by atoms with E-state index in [1.807, 2.05) is 38.1 Å². The second kappa shape index (κ2) is 7.35. The van der Waals surface area contributed by atoms with Crippen LogP contribution in [0.25, 0.3) is 16.7 Å². The molecule has 0 aliphatic heterocycles. The summed E-state index contributed by atoms with van der Waals surface area (Å²) in [4.78, 5) is 17.3.